The maximum atomic E-state index is 12.4. The molecule has 1 unspecified atom stereocenters. The number of aliphatic carboxylic acids is 1. The predicted octanol–water partition coefficient (Wildman–Crippen LogP) is 4.17. The number of hydrogen-bond acceptors (Lipinski definition) is 4. The number of hydrogen-bond donors (Lipinski definition) is 3. The van der Waals surface area contributed by atoms with Crippen LogP contribution in [-0.2, 0) is 14.3 Å². The van der Waals surface area contributed by atoms with Gasteiger partial charge in [-0.3, -0.25) is 9.59 Å². The Labute approximate surface area is 194 Å². The molecular formula is C26H32N2O5. The van der Waals surface area contributed by atoms with E-state index in [-0.39, 0.29) is 37.3 Å². The molecule has 0 radical (unpaired) electrons. The van der Waals surface area contributed by atoms with Crippen LogP contribution in [0.5, 0.6) is 0 Å². The number of amides is 2. The molecule has 0 bridgehead atoms. The first-order valence-electron chi connectivity index (χ1n) is 11.2. The molecule has 1 aliphatic rings. The Kier molecular flexibility index (Phi) is 7.41. The van der Waals surface area contributed by atoms with Gasteiger partial charge in [0.15, 0.2) is 0 Å². The Balaban J connectivity index is 1.50. The average Bonchev–Trinajstić information content (AvgIpc) is 3.09. The number of carbonyl (C=O) groups is 3. The Morgan fingerprint density at radius 2 is 1.55 bits per heavy atom. The summed E-state index contributed by atoms with van der Waals surface area (Å²) >= 11 is 0. The number of nitrogens with one attached hydrogen (secondary N) is 2. The molecule has 3 rings (SSSR count). The smallest absolute Gasteiger partial charge is 0.407 e. The Hall–Kier alpha value is -3.35. The van der Waals surface area contributed by atoms with E-state index in [1.165, 1.54) is 0 Å². The number of benzene rings is 2. The fourth-order valence-corrected chi connectivity index (χ4v) is 4.49. The standard InChI is InChI=1S/C26H32N2O5/c1-16(2)23(26(3,4)24(30)31)28-22(29)13-14-27-25(32)33-15-21-19-11-7-5-9-17(19)18-10-6-8-12-20(18)21/h5-12,16,21,23H,13-15H2,1-4H3,(H,27,32)(H,28,29)(H,30,31). The van der Waals surface area contributed by atoms with Crippen LogP contribution < -0.4 is 10.6 Å². The van der Waals surface area contributed by atoms with Gasteiger partial charge in [-0.25, -0.2) is 4.79 Å². The number of ether oxygens (including phenoxy) is 1. The van der Waals surface area contributed by atoms with Crippen LogP contribution in [0.2, 0.25) is 0 Å². The van der Waals surface area contributed by atoms with Crippen LogP contribution in [0, 0.1) is 11.3 Å². The summed E-state index contributed by atoms with van der Waals surface area (Å²) in [5.74, 6) is -1.38. The van der Waals surface area contributed by atoms with Crippen molar-refractivity contribution >= 4 is 18.0 Å². The number of rotatable bonds is 9. The van der Waals surface area contributed by atoms with Crippen molar-refractivity contribution in [2.75, 3.05) is 13.2 Å². The summed E-state index contributed by atoms with van der Waals surface area (Å²) < 4.78 is 5.47. The molecule has 0 fully saturated rings. The number of fused-ring (bicyclic) bond motifs is 3. The Morgan fingerprint density at radius 3 is 2.06 bits per heavy atom. The summed E-state index contributed by atoms with van der Waals surface area (Å²) in [5, 5.41) is 14.9. The van der Waals surface area contributed by atoms with E-state index < -0.39 is 23.5 Å². The van der Waals surface area contributed by atoms with Gasteiger partial charge in [0.2, 0.25) is 5.91 Å². The van der Waals surface area contributed by atoms with Gasteiger partial charge in [0.05, 0.1) is 5.41 Å². The Morgan fingerprint density at radius 1 is 1.00 bits per heavy atom. The van der Waals surface area contributed by atoms with Crippen LogP contribution in [0.3, 0.4) is 0 Å². The van der Waals surface area contributed by atoms with Gasteiger partial charge >= 0.3 is 12.1 Å². The molecule has 0 saturated carbocycles. The highest BCUT2D eigenvalue weighted by molar-refractivity contribution is 5.81. The zero-order valence-corrected chi connectivity index (χ0v) is 19.6. The van der Waals surface area contributed by atoms with Gasteiger partial charge in [0.25, 0.3) is 0 Å². The summed E-state index contributed by atoms with van der Waals surface area (Å²) in [5.41, 5.74) is 3.47. The predicted molar refractivity (Wildman–Crippen MR) is 126 cm³/mol. The van der Waals surface area contributed by atoms with Gasteiger partial charge in [-0.05, 0) is 42.0 Å². The molecule has 1 atom stereocenters. The van der Waals surface area contributed by atoms with Crippen LogP contribution in [-0.4, -0.2) is 42.3 Å². The van der Waals surface area contributed by atoms with E-state index in [1.807, 2.05) is 38.1 Å². The number of alkyl carbamates (subject to hydrolysis) is 1. The van der Waals surface area contributed by atoms with E-state index in [4.69, 9.17) is 4.74 Å². The summed E-state index contributed by atoms with van der Waals surface area (Å²) in [6.07, 6.45) is -0.556. The lowest BCUT2D eigenvalue weighted by atomic mass is 9.78. The van der Waals surface area contributed by atoms with Crippen molar-refractivity contribution in [3.63, 3.8) is 0 Å². The van der Waals surface area contributed by atoms with Crippen molar-refractivity contribution in [3.8, 4) is 11.1 Å². The highest BCUT2D eigenvalue weighted by Gasteiger charge is 2.39. The monoisotopic (exact) mass is 452 g/mol. The fraction of sp³-hybridized carbons (Fsp3) is 0.423. The first-order valence-corrected chi connectivity index (χ1v) is 11.2. The van der Waals surface area contributed by atoms with Crippen molar-refractivity contribution in [2.45, 2.75) is 46.1 Å². The number of carboxylic acids is 1. The summed E-state index contributed by atoms with van der Waals surface area (Å²) in [6, 6.07) is 15.7. The zero-order valence-electron chi connectivity index (χ0n) is 19.6. The van der Waals surface area contributed by atoms with E-state index in [0.29, 0.717) is 0 Å². The lowest BCUT2D eigenvalue weighted by Crippen LogP contribution is -2.52. The summed E-state index contributed by atoms with van der Waals surface area (Å²) in [4.78, 5) is 36.2. The molecule has 176 valence electrons. The number of carbonyl (C=O) groups excluding carboxylic acids is 2. The van der Waals surface area contributed by atoms with Crippen molar-refractivity contribution in [1.82, 2.24) is 10.6 Å². The van der Waals surface area contributed by atoms with Crippen LogP contribution in [0.15, 0.2) is 48.5 Å². The summed E-state index contributed by atoms with van der Waals surface area (Å²) in [7, 11) is 0. The molecule has 2 aromatic carbocycles. The van der Waals surface area contributed by atoms with E-state index in [1.54, 1.807) is 13.8 Å². The minimum Gasteiger partial charge on any atom is -0.481 e. The third-order valence-corrected chi connectivity index (χ3v) is 6.28. The van der Waals surface area contributed by atoms with Gasteiger partial charge < -0.3 is 20.5 Å². The maximum Gasteiger partial charge on any atom is 0.407 e. The van der Waals surface area contributed by atoms with Crippen LogP contribution in [0.4, 0.5) is 4.79 Å². The molecule has 0 spiro atoms. The molecule has 0 saturated heterocycles. The maximum absolute atomic E-state index is 12.4. The fourth-order valence-electron chi connectivity index (χ4n) is 4.49. The van der Waals surface area contributed by atoms with Gasteiger partial charge in [-0.15, -0.1) is 0 Å². The van der Waals surface area contributed by atoms with Gasteiger partial charge in [0.1, 0.15) is 6.61 Å². The molecular weight excluding hydrogens is 420 g/mol. The van der Waals surface area contributed by atoms with Crippen molar-refractivity contribution < 1.29 is 24.2 Å². The molecule has 0 heterocycles. The quantitative estimate of drug-likeness (QED) is 0.530. The van der Waals surface area contributed by atoms with Crippen molar-refractivity contribution in [3.05, 3.63) is 59.7 Å². The second kappa shape index (κ2) is 10.1. The topological polar surface area (TPSA) is 105 Å². The molecule has 3 N–H and O–H groups in total. The molecule has 0 aromatic heterocycles. The SMILES string of the molecule is CC(C)C(NC(=O)CCNC(=O)OCC1c2ccccc2-c2ccccc21)C(C)(C)C(=O)O. The van der Waals surface area contributed by atoms with Gasteiger partial charge in [0, 0.05) is 24.9 Å². The van der Waals surface area contributed by atoms with Gasteiger partial charge in [-0.2, -0.15) is 0 Å². The minimum absolute atomic E-state index is 0.0309. The molecule has 1 aliphatic carbocycles. The first-order chi connectivity index (χ1) is 15.6. The van der Waals surface area contributed by atoms with Crippen LogP contribution >= 0.6 is 0 Å². The summed E-state index contributed by atoms with van der Waals surface area (Å²) in [6.45, 7) is 7.22. The van der Waals surface area contributed by atoms with E-state index in [0.717, 1.165) is 22.3 Å². The van der Waals surface area contributed by atoms with Gasteiger partial charge in [-0.1, -0.05) is 62.4 Å². The third-order valence-electron chi connectivity index (χ3n) is 6.28. The molecule has 33 heavy (non-hydrogen) atoms. The normalized spacial score (nSPS) is 13.7. The second-order valence-corrected chi connectivity index (χ2v) is 9.32. The molecule has 2 amide bonds. The average molecular weight is 453 g/mol. The lowest BCUT2D eigenvalue weighted by Gasteiger charge is -2.34. The molecule has 2 aromatic rings. The van der Waals surface area contributed by atoms with E-state index in [2.05, 4.69) is 34.9 Å². The van der Waals surface area contributed by atoms with Crippen LogP contribution in [0.1, 0.15) is 51.2 Å². The van der Waals surface area contributed by atoms with Crippen molar-refractivity contribution in [1.29, 1.82) is 0 Å². The van der Waals surface area contributed by atoms with Crippen LogP contribution in [0.25, 0.3) is 11.1 Å². The highest BCUT2D eigenvalue weighted by Crippen LogP contribution is 2.44. The Bertz CT molecular complexity index is 985. The first kappa shape index (κ1) is 24.3. The molecule has 0 aliphatic heterocycles. The highest BCUT2D eigenvalue weighted by atomic mass is 16.5. The van der Waals surface area contributed by atoms with E-state index in [9.17, 15) is 19.5 Å². The zero-order chi connectivity index (χ0) is 24.2. The minimum atomic E-state index is -1.11. The lowest BCUT2D eigenvalue weighted by molar-refractivity contribution is -0.149. The largest absolute Gasteiger partial charge is 0.481 e. The third kappa shape index (κ3) is 5.35. The number of carboxylic acid groups (broad SMARTS) is 1. The van der Waals surface area contributed by atoms with E-state index >= 15 is 0 Å². The molecule has 7 heteroatoms. The van der Waals surface area contributed by atoms with Crippen molar-refractivity contribution in [2.24, 2.45) is 11.3 Å². The second-order valence-electron chi connectivity index (χ2n) is 9.32. The molecule has 7 nitrogen and oxygen atoms in total.